The molecule has 11 nitrogen and oxygen atoms in total. The molecule has 0 spiro atoms. The van der Waals surface area contributed by atoms with E-state index in [1.807, 2.05) is 0 Å². The first-order chi connectivity index (χ1) is 9.20. The molecule has 0 amide bonds. The zero-order valence-corrected chi connectivity index (χ0v) is 19.9. The second-order valence-corrected chi connectivity index (χ2v) is 4.20. The molecule has 0 aromatic carbocycles. The molecule has 0 unspecified atom stereocenters. The fourth-order valence-electron chi connectivity index (χ4n) is 1.65. The maximum atomic E-state index is 10.4. The maximum Gasteiger partial charge on any atom is 2.00 e. The van der Waals surface area contributed by atoms with E-state index < -0.39 is 50.1 Å². The van der Waals surface area contributed by atoms with E-state index in [2.05, 4.69) is 0 Å². The van der Waals surface area contributed by atoms with Gasteiger partial charge in [0.05, 0.1) is 23.9 Å². The first-order valence-corrected chi connectivity index (χ1v) is 5.67. The van der Waals surface area contributed by atoms with Gasteiger partial charge >= 0.3 is 96.9 Å². The van der Waals surface area contributed by atoms with Crippen LogP contribution in [0.15, 0.2) is 0 Å². The van der Waals surface area contributed by atoms with Crippen LogP contribution in [0.4, 0.5) is 0 Å². The van der Waals surface area contributed by atoms with Crippen LogP contribution in [0, 0.1) is 0 Å². The van der Waals surface area contributed by atoms with E-state index in [0.29, 0.717) is 0 Å². The van der Waals surface area contributed by atoms with E-state index in [9.17, 15) is 39.6 Å². The average Bonchev–Trinajstić information content (AvgIpc) is 2.22. The van der Waals surface area contributed by atoms with Crippen LogP contribution in [0.3, 0.4) is 0 Å². The van der Waals surface area contributed by atoms with Crippen molar-refractivity contribution in [3.8, 4) is 0 Å². The van der Waals surface area contributed by atoms with Crippen LogP contribution < -0.4 is 89.3 Å². The monoisotopic (exact) mass is 394 g/mol. The van der Waals surface area contributed by atoms with Gasteiger partial charge in [-0.25, -0.2) is 0 Å². The summed E-state index contributed by atoms with van der Waals surface area (Å²) < 4.78 is 0. The molecular weight excluding hydrogens is 378 g/mol. The number of rotatable bonds is 11. The summed E-state index contributed by atoms with van der Waals surface area (Å²) in [6.07, 6.45) is 0. The van der Waals surface area contributed by atoms with E-state index in [1.54, 1.807) is 0 Å². The SMILES string of the molecule is O.O=C([O-])C[NH+](CC[NH+](CC(=O)[O-])CC(=O)[O-])CC(=O)[O-].[Ca+2].[Na+].[Na+]. The van der Waals surface area contributed by atoms with Gasteiger partial charge in [-0.2, -0.15) is 0 Å². The van der Waals surface area contributed by atoms with Crippen molar-refractivity contribution in [1.29, 1.82) is 0 Å². The molecule has 4 N–H and O–H groups in total. The fourth-order valence-corrected chi connectivity index (χ4v) is 1.65. The molecule has 0 aliphatic rings. The summed E-state index contributed by atoms with van der Waals surface area (Å²) in [6.45, 7) is -2.62. The molecule has 14 heteroatoms. The quantitative estimate of drug-likeness (QED) is 0.321. The largest absolute Gasteiger partial charge is 2.00 e. The Bertz CT molecular complexity index is 333. The van der Waals surface area contributed by atoms with Gasteiger partial charge < -0.3 is 54.9 Å². The normalized spacial score (nSPS) is 8.92. The molecule has 0 saturated carbocycles. The summed E-state index contributed by atoms with van der Waals surface area (Å²) in [4.78, 5) is 41.8. The number of carboxylic acids is 4. The minimum absolute atomic E-state index is 0. The van der Waals surface area contributed by atoms with E-state index in [0.717, 1.165) is 0 Å². The summed E-state index contributed by atoms with van der Waals surface area (Å²) in [5.74, 6) is -5.93. The zero-order valence-electron chi connectivity index (χ0n) is 13.7. The molecule has 0 saturated heterocycles. The van der Waals surface area contributed by atoms with Crippen LogP contribution in [0.5, 0.6) is 0 Å². The van der Waals surface area contributed by atoms with Gasteiger partial charge in [0.2, 0.25) is 0 Å². The number of hydrogen-bond donors (Lipinski definition) is 2. The molecule has 0 aliphatic carbocycles. The van der Waals surface area contributed by atoms with Crippen LogP contribution in [-0.4, -0.2) is 106 Å². The minimum Gasteiger partial charge on any atom is -0.544 e. The molecule has 0 aliphatic heterocycles. The second kappa shape index (κ2) is 20.3. The third kappa shape index (κ3) is 23.0. The van der Waals surface area contributed by atoms with Gasteiger partial charge in [0.15, 0.2) is 0 Å². The molecular formula is C10H16CaN2Na2O9+2. The van der Waals surface area contributed by atoms with Gasteiger partial charge in [-0.3, -0.25) is 0 Å². The molecule has 0 rings (SSSR count). The molecule has 122 valence electrons. The first-order valence-electron chi connectivity index (χ1n) is 5.67. The van der Waals surface area contributed by atoms with E-state index >= 15 is 0 Å². The topological polar surface area (TPSA) is 201 Å². The first kappa shape index (κ1) is 36.0. The van der Waals surface area contributed by atoms with E-state index in [-0.39, 0.29) is 125 Å². The molecule has 0 bridgehead atoms. The van der Waals surface area contributed by atoms with E-state index in [4.69, 9.17) is 0 Å². The summed E-state index contributed by atoms with van der Waals surface area (Å²) in [5.41, 5.74) is 0. The molecule has 0 fully saturated rings. The third-order valence-corrected chi connectivity index (χ3v) is 2.41. The zero-order chi connectivity index (χ0) is 15.7. The van der Waals surface area contributed by atoms with Crippen LogP contribution >= 0.6 is 0 Å². The van der Waals surface area contributed by atoms with Crippen LogP contribution in [-0.2, 0) is 19.2 Å². The number of carbonyl (C=O) groups excluding carboxylic acids is 4. The van der Waals surface area contributed by atoms with Crippen LogP contribution in [0.25, 0.3) is 0 Å². The van der Waals surface area contributed by atoms with Gasteiger partial charge in [-0.15, -0.1) is 0 Å². The fraction of sp³-hybridized carbons (Fsp3) is 0.600. The van der Waals surface area contributed by atoms with Crippen molar-refractivity contribution in [2.24, 2.45) is 0 Å². The predicted molar refractivity (Wildman–Crippen MR) is 60.5 cm³/mol. The molecule has 24 heavy (non-hydrogen) atoms. The minimum atomic E-state index is -1.48. The number of hydrogen-bond acceptors (Lipinski definition) is 8. The summed E-state index contributed by atoms with van der Waals surface area (Å²) in [7, 11) is 0. The Morgan fingerprint density at radius 2 is 0.750 bits per heavy atom. The third-order valence-electron chi connectivity index (χ3n) is 2.41. The standard InChI is InChI=1S/C10H16N2O8.Ca.2Na.H2O/c13-7(14)3-11(4-8(15)16)1-2-12(5-9(17)18)6-10(19)20;;;;/h1-6H2,(H,13,14)(H,15,16)(H,17,18)(H,19,20);;;;1H2/q;+2;2*+1;/p-2. The summed E-state index contributed by atoms with van der Waals surface area (Å²) in [6, 6.07) is 0. The Hall–Kier alpha value is 1.02. The smallest absolute Gasteiger partial charge is 0.544 e. The van der Waals surface area contributed by atoms with Crippen molar-refractivity contribution in [2.75, 3.05) is 39.3 Å². The number of carboxylic acid groups (broad SMARTS) is 4. The summed E-state index contributed by atoms with van der Waals surface area (Å²) in [5, 5.41) is 41.7. The molecule has 0 heterocycles. The van der Waals surface area contributed by atoms with E-state index in [1.165, 1.54) is 0 Å². The van der Waals surface area contributed by atoms with Crippen molar-refractivity contribution in [1.82, 2.24) is 0 Å². The Kier molecular flexibility index (Phi) is 30.5. The Morgan fingerprint density at radius 3 is 0.875 bits per heavy atom. The van der Waals surface area contributed by atoms with Crippen LogP contribution in [0.2, 0.25) is 0 Å². The van der Waals surface area contributed by atoms with Gasteiger partial charge in [-0.1, -0.05) is 0 Å². The molecule has 0 aromatic heterocycles. The van der Waals surface area contributed by atoms with Gasteiger partial charge in [0.1, 0.15) is 39.3 Å². The number of carbonyl (C=O) groups is 4. The average molecular weight is 394 g/mol. The van der Waals surface area contributed by atoms with Crippen molar-refractivity contribution < 1.29 is 114 Å². The van der Waals surface area contributed by atoms with Crippen molar-refractivity contribution in [3.63, 3.8) is 0 Å². The van der Waals surface area contributed by atoms with Crippen molar-refractivity contribution >= 4 is 61.6 Å². The Labute approximate surface area is 212 Å². The van der Waals surface area contributed by atoms with Crippen LogP contribution in [0.1, 0.15) is 0 Å². The Morgan fingerprint density at radius 1 is 0.583 bits per heavy atom. The number of aliphatic carboxylic acids is 4. The van der Waals surface area contributed by atoms with Gasteiger partial charge in [0.25, 0.3) is 0 Å². The van der Waals surface area contributed by atoms with Crippen molar-refractivity contribution in [3.05, 3.63) is 0 Å². The maximum absolute atomic E-state index is 10.4. The number of quaternary nitrogens is 2. The van der Waals surface area contributed by atoms with Crippen molar-refractivity contribution in [2.45, 2.75) is 0 Å². The Balaban J connectivity index is -0.000000301. The molecule has 0 atom stereocenters. The molecule has 0 radical (unpaired) electrons. The predicted octanol–water partition coefficient (Wildman–Crippen LogP) is -17.4. The number of nitrogens with one attached hydrogen (secondary N) is 2. The summed E-state index contributed by atoms with van der Waals surface area (Å²) >= 11 is 0. The van der Waals surface area contributed by atoms with Gasteiger partial charge in [0, 0.05) is 0 Å². The molecule has 0 aromatic rings. The van der Waals surface area contributed by atoms with Gasteiger partial charge in [-0.05, 0) is 0 Å². The second-order valence-electron chi connectivity index (χ2n) is 4.20.